The molecule has 1 N–H and O–H groups in total. The molecular weight excluding hydrogens is 326 g/mol. The van der Waals surface area contributed by atoms with Crippen LogP contribution in [0.5, 0.6) is 0 Å². The Kier molecular flexibility index (Phi) is 4.64. The Morgan fingerprint density at radius 1 is 1.12 bits per heavy atom. The van der Waals surface area contributed by atoms with Gasteiger partial charge in [-0.2, -0.15) is 0 Å². The fourth-order valence-corrected chi connectivity index (χ4v) is 4.12. The third kappa shape index (κ3) is 3.31. The largest absolute Gasteiger partial charge is 0.337 e. The maximum absolute atomic E-state index is 12.8. The van der Waals surface area contributed by atoms with E-state index in [2.05, 4.69) is 9.88 Å². The van der Waals surface area contributed by atoms with Gasteiger partial charge >= 0.3 is 0 Å². The maximum Gasteiger partial charge on any atom is 0.261 e. The van der Waals surface area contributed by atoms with Gasteiger partial charge in [0.25, 0.3) is 11.5 Å². The third-order valence-corrected chi connectivity index (χ3v) is 5.58. The number of aryl methyl sites for hydroxylation is 1. The molecule has 5 heteroatoms. The summed E-state index contributed by atoms with van der Waals surface area (Å²) >= 11 is 0. The van der Waals surface area contributed by atoms with Gasteiger partial charge in [-0.25, -0.2) is 0 Å². The first-order chi connectivity index (χ1) is 12.6. The molecule has 0 radical (unpaired) electrons. The molecule has 0 spiro atoms. The fraction of sp³-hybridized carbons (Fsp3) is 0.429. The summed E-state index contributed by atoms with van der Waals surface area (Å²) in [6.07, 6.45) is 3.51. The number of carbonyl (C=O) groups excluding carboxylic acids is 1. The molecule has 5 nitrogen and oxygen atoms in total. The number of nitrogens with one attached hydrogen (secondary N) is 1. The SMILES string of the molecule is Cc1cccc(-c2ccc(C(=O)N3CCC(N4CCCC4)C3)c(=O)[nH]2)c1. The van der Waals surface area contributed by atoms with Gasteiger partial charge in [-0.15, -0.1) is 0 Å². The molecule has 2 saturated heterocycles. The first-order valence-electron chi connectivity index (χ1n) is 9.45. The number of hydrogen-bond acceptors (Lipinski definition) is 3. The molecule has 2 fully saturated rings. The Hall–Kier alpha value is -2.40. The first-order valence-corrected chi connectivity index (χ1v) is 9.45. The lowest BCUT2D eigenvalue weighted by atomic mass is 10.1. The lowest BCUT2D eigenvalue weighted by Crippen LogP contribution is -2.38. The molecule has 1 amide bonds. The van der Waals surface area contributed by atoms with Crippen LogP contribution < -0.4 is 5.56 Å². The van der Waals surface area contributed by atoms with Crippen LogP contribution in [0.1, 0.15) is 35.2 Å². The highest BCUT2D eigenvalue weighted by Crippen LogP contribution is 2.22. The molecular formula is C21H25N3O2. The van der Waals surface area contributed by atoms with Gasteiger partial charge in [0.1, 0.15) is 5.56 Å². The van der Waals surface area contributed by atoms with Crippen LogP contribution in [0.2, 0.25) is 0 Å². The van der Waals surface area contributed by atoms with Gasteiger partial charge < -0.3 is 9.88 Å². The normalized spacial score (nSPS) is 20.7. The van der Waals surface area contributed by atoms with Gasteiger partial charge in [-0.05, 0) is 63.0 Å². The average Bonchev–Trinajstić information content (AvgIpc) is 3.32. The Bertz CT molecular complexity index is 868. The smallest absolute Gasteiger partial charge is 0.261 e. The highest BCUT2D eigenvalue weighted by atomic mass is 16.2. The molecule has 0 saturated carbocycles. The molecule has 4 rings (SSSR count). The van der Waals surface area contributed by atoms with Gasteiger partial charge in [0.15, 0.2) is 0 Å². The zero-order valence-corrected chi connectivity index (χ0v) is 15.2. The van der Waals surface area contributed by atoms with Gasteiger partial charge in [0, 0.05) is 24.8 Å². The van der Waals surface area contributed by atoms with Crippen molar-refractivity contribution in [3.8, 4) is 11.3 Å². The van der Waals surface area contributed by atoms with Crippen LogP contribution >= 0.6 is 0 Å². The summed E-state index contributed by atoms with van der Waals surface area (Å²) in [6, 6.07) is 11.9. The van der Waals surface area contributed by atoms with Crippen molar-refractivity contribution in [1.82, 2.24) is 14.8 Å². The Morgan fingerprint density at radius 2 is 1.92 bits per heavy atom. The molecule has 1 aromatic carbocycles. The van der Waals surface area contributed by atoms with Gasteiger partial charge in [0.2, 0.25) is 0 Å². The van der Waals surface area contributed by atoms with Crippen LogP contribution in [0.4, 0.5) is 0 Å². The van der Waals surface area contributed by atoms with Crippen LogP contribution in [0.15, 0.2) is 41.2 Å². The number of aromatic amines is 1. The van der Waals surface area contributed by atoms with E-state index < -0.39 is 0 Å². The van der Waals surface area contributed by atoms with Crippen LogP contribution in [0, 0.1) is 6.92 Å². The molecule has 136 valence electrons. The number of carbonyl (C=O) groups is 1. The summed E-state index contributed by atoms with van der Waals surface area (Å²) in [5.41, 5.74) is 2.76. The summed E-state index contributed by atoms with van der Waals surface area (Å²) in [7, 11) is 0. The molecule has 2 aliphatic rings. The van der Waals surface area contributed by atoms with E-state index in [0.717, 1.165) is 49.4 Å². The molecule has 1 unspecified atom stereocenters. The summed E-state index contributed by atoms with van der Waals surface area (Å²) in [5, 5.41) is 0. The van der Waals surface area contributed by atoms with Crippen molar-refractivity contribution in [2.75, 3.05) is 26.2 Å². The van der Waals surface area contributed by atoms with Gasteiger partial charge in [-0.1, -0.05) is 23.8 Å². The molecule has 2 aromatic rings. The standard InChI is InChI=1S/C21H25N3O2/c1-15-5-4-6-16(13-15)19-8-7-18(20(25)22-19)21(26)24-12-9-17(14-24)23-10-2-3-11-23/h4-8,13,17H,2-3,9-12,14H2,1H3,(H,22,25). The number of benzene rings is 1. The summed E-state index contributed by atoms with van der Waals surface area (Å²) in [5.74, 6) is -0.149. The topological polar surface area (TPSA) is 56.4 Å². The molecule has 1 aromatic heterocycles. The minimum absolute atomic E-state index is 0.149. The molecule has 3 heterocycles. The number of nitrogens with zero attached hydrogens (tertiary/aromatic N) is 2. The monoisotopic (exact) mass is 351 g/mol. The number of hydrogen-bond donors (Lipinski definition) is 1. The van der Waals surface area contributed by atoms with Crippen LogP contribution in [0.25, 0.3) is 11.3 Å². The average molecular weight is 351 g/mol. The first kappa shape index (κ1) is 17.0. The van der Waals surface area contributed by atoms with Crippen LogP contribution in [-0.2, 0) is 0 Å². The zero-order chi connectivity index (χ0) is 18.1. The second-order valence-corrected chi connectivity index (χ2v) is 7.42. The number of amides is 1. The second kappa shape index (κ2) is 7.08. The molecule has 2 aliphatic heterocycles. The fourth-order valence-electron chi connectivity index (χ4n) is 4.12. The maximum atomic E-state index is 12.8. The number of aromatic nitrogens is 1. The predicted octanol–water partition coefficient (Wildman–Crippen LogP) is 2.66. The zero-order valence-electron chi connectivity index (χ0n) is 15.2. The Morgan fingerprint density at radius 3 is 2.65 bits per heavy atom. The summed E-state index contributed by atoms with van der Waals surface area (Å²) in [4.78, 5) is 32.5. The van der Waals surface area contributed by atoms with E-state index in [1.54, 1.807) is 6.07 Å². The summed E-state index contributed by atoms with van der Waals surface area (Å²) < 4.78 is 0. The predicted molar refractivity (Wildman–Crippen MR) is 102 cm³/mol. The van der Waals surface area contributed by atoms with Crippen molar-refractivity contribution in [3.05, 3.63) is 57.9 Å². The van der Waals surface area contributed by atoms with Crippen molar-refractivity contribution in [2.45, 2.75) is 32.2 Å². The van der Waals surface area contributed by atoms with Crippen LogP contribution in [0.3, 0.4) is 0 Å². The number of likely N-dealkylation sites (tertiary alicyclic amines) is 2. The third-order valence-electron chi connectivity index (χ3n) is 5.58. The molecule has 26 heavy (non-hydrogen) atoms. The van der Waals surface area contributed by atoms with Crippen LogP contribution in [-0.4, -0.2) is 52.9 Å². The van der Waals surface area contributed by atoms with Crippen molar-refractivity contribution in [3.63, 3.8) is 0 Å². The lowest BCUT2D eigenvalue weighted by Gasteiger charge is -2.23. The lowest BCUT2D eigenvalue weighted by molar-refractivity contribution is 0.0778. The van der Waals surface area contributed by atoms with Crippen molar-refractivity contribution < 1.29 is 4.79 Å². The number of rotatable bonds is 3. The number of pyridine rings is 1. The molecule has 0 bridgehead atoms. The van der Waals surface area contributed by atoms with E-state index in [9.17, 15) is 9.59 Å². The second-order valence-electron chi connectivity index (χ2n) is 7.42. The van der Waals surface area contributed by atoms with Crippen molar-refractivity contribution >= 4 is 5.91 Å². The van der Waals surface area contributed by atoms with Gasteiger partial charge in [-0.3, -0.25) is 14.5 Å². The van der Waals surface area contributed by atoms with E-state index in [0.29, 0.717) is 6.04 Å². The van der Waals surface area contributed by atoms with E-state index >= 15 is 0 Å². The van der Waals surface area contributed by atoms with E-state index in [1.165, 1.54) is 12.8 Å². The van der Waals surface area contributed by atoms with Crippen molar-refractivity contribution in [2.24, 2.45) is 0 Å². The van der Waals surface area contributed by atoms with E-state index in [4.69, 9.17) is 0 Å². The highest BCUT2D eigenvalue weighted by Gasteiger charge is 2.32. The Balaban J connectivity index is 1.51. The van der Waals surface area contributed by atoms with E-state index in [-0.39, 0.29) is 17.0 Å². The minimum atomic E-state index is -0.307. The summed E-state index contributed by atoms with van der Waals surface area (Å²) in [6.45, 7) is 5.76. The highest BCUT2D eigenvalue weighted by molar-refractivity contribution is 5.94. The number of H-pyrrole nitrogens is 1. The molecule has 0 aliphatic carbocycles. The minimum Gasteiger partial charge on any atom is -0.337 e. The van der Waals surface area contributed by atoms with Gasteiger partial charge in [0.05, 0.1) is 0 Å². The molecule has 1 atom stereocenters. The Labute approximate surface area is 153 Å². The van der Waals surface area contributed by atoms with Crippen molar-refractivity contribution in [1.29, 1.82) is 0 Å². The van der Waals surface area contributed by atoms with E-state index in [1.807, 2.05) is 42.2 Å². The quantitative estimate of drug-likeness (QED) is 0.925.